The number of hydrogen-bond donors (Lipinski definition) is 1. The molecule has 21 heavy (non-hydrogen) atoms. The molecule has 3 amide bonds. The zero-order chi connectivity index (χ0) is 14.8. The smallest absolute Gasteiger partial charge is 0.310 e. The molecular formula is C16H19N3O2. The molecule has 0 bridgehead atoms. The quantitative estimate of drug-likeness (QED) is 0.852. The van der Waals surface area contributed by atoms with Crippen LogP contribution in [0.5, 0.6) is 0 Å². The lowest BCUT2D eigenvalue weighted by atomic mass is 10.1. The number of benzene rings is 1. The van der Waals surface area contributed by atoms with E-state index in [0.717, 1.165) is 13.1 Å². The Morgan fingerprint density at radius 1 is 1.29 bits per heavy atom. The van der Waals surface area contributed by atoms with Crippen molar-refractivity contribution in [2.45, 2.75) is 13.0 Å². The second-order valence-electron chi connectivity index (χ2n) is 5.64. The van der Waals surface area contributed by atoms with Gasteiger partial charge in [0.1, 0.15) is 6.04 Å². The molecule has 110 valence electrons. The van der Waals surface area contributed by atoms with Crippen LogP contribution >= 0.6 is 0 Å². The fourth-order valence-electron chi connectivity index (χ4n) is 2.94. The van der Waals surface area contributed by atoms with E-state index in [1.54, 1.807) is 4.90 Å². The molecule has 3 rings (SSSR count). The van der Waals surface area contributed by atoms with Crippen LogP contribution in [0.4, 0.5) is 4.79 Å². The molecule has 5 heteroatoms. The summed E-state index contributed by atoms with van der Waals surface area (Å²) < 4.78 is 0. The highest BCUT2D eigenvalue weighted by molar-refractivity contribution is 6.04. The Bertz CT molecular complexity index is 582. The highest BCUT2D eigenvalue weighted by Crippen LogP contribution is 2.17. The lowest BCUT2D eigenvalue weighted by Crippen LogP contribution is -2.53. The molecular weight excluding hydrogens is 266 g/mol. The molecule has 0 aromatic heterocycles. The molecule has 5 nitrogen and oxygen atoms in total. The first-order valence-electron chi connectivity index (χ1n) is 7.19. The van der Waals surface area contributed by atoms with Crippen molar-refractivity contribution in [3.05, 3.63) is 41.5 Å². The third-order valence-corrected chi connectivity index (χ3v) is 3.94. The van der Waals surface area contributed by atoms with Gasteiger partial charge in [0.05, 0.1) is 0 Å². The van der Waals surface area contributed by atoms with Gasteiger partial charge in [0.2, 0.25) is 0 Å². The molecule has 2 saturated heterocycles. The Morgan fingerprint density at radius 2 is 2.05 bits per heavy atom. The van der Waals surface area contributed by atoms with E-state index in [2.05, 4.69) is 35.3 Å². The van der Waals surface area contributed by atoms with Crippen LogP contribution in [0.25, 0.3) is 6.08 Å². The standard InChI is InChI=1S/C16H19N3O2/c1-12(9-13-5-3-2-4-6-13)10-18-7-8-19-14(11-18)15(20)17-16(19)21/h2-6,9,14H,7-8,10-11H2,1H3,(H,17,20,21). The predicted molar refractivity (Wildman–Crippen MR) is 80.6 cm³/mol. The summed E-state index contributed by atoms with van der Waals surface area (Å²) >= 11 is 0. The second kappa shape index (κ2) is 5.69. The largest absolute Gasteiger partial charge is 0.324 e. The number of nitrogens with zero attached hydrogens (tertiary/aromatic N) is 2. The van der Waals surface area contributed by atoms with Gasteiger partial charge in [0, 0.05) is 26.2 Å². The maximum Gasteiger partial charge on any atom is 0.324 e. The molecule has 1 atom stereocenters. The maximum absolute atomic E-state index is 11.7. The average molecular weight is 285 g/mol. The van der Waals surface area contributed by atoms with Gasteiger partial charge < -0.3 is 4.90 Å². The van der Waals surface area contributed by atoms with Gasteiger partial charge in [-0.15, -0.1) is 0 Å². The number of urea groups is 1. The zero-order valence-corrected chi connectivity index (χ0v) is 12.1. The normalized spacial score (nSPS) is 23.2. The number of amides is 3. The molecule has 1 aromatic rings. The number of fused-ring (bicyclic) bond motifs is 1. The van der Waals surface area contributed by atoms with E-state index in [1.165, 1.54) is 11.1 Å². The predicted octanol–water partition coefficient (Wildman–Crippen LogP) is 1.33. The highest BCUT2D eigenvalue weighted by atomic mass is 16.2. The van der Waals surface area contributed by atoms with Crippen LogP contribution in [0.2, 0.25) is 0 Å². The molecule has 1 aromatic carbocycles. The molecule has 2 aliphatic heterocycles. The molecule has 2 fully saturated rings. The molecule has 1 N–H and O–H groups in total. The minimum atomic E-state index is -0.323. The van der Waals surface area contributed by atoms with Crippen molar-refractivity contribution in [2.75, 3.05) is 26.2 Å². The lowest BCUT2D eigenvalue weighted by Gasteiger charge is -2.35. The minimum absolute atomic E-state index is 0.172. The number of imide groups is 1. The van der Waals surface area contributed by atoms with Gasteiger partial charge in [-0.25, -0.2) is 4.79 Å². The summed E-state index contributed by atoms with van der Waals surface area (Å²) in [5.41, 5.74) is 2.43. The van der Waals surface area contributed by atoms with E-state index in [4.69, 9.17) is 0 Å². The molecule has 0 saturated carbocycles. The molecule has 0 radical (unpaired) electrons. The van der Waals surface area contributed by atoms with Gasteiger partial charge in [0.15, 0.2) is 0 Å². The third kappa shape index (κ3) is 2.97. The van der Waals surface area contributed by atoms with Crippen LogP contribution in [0.3, 0.4) is 0 Å². The maximum atomic E-state index is 11.7. The Labute approximate surface area is 124 Å². The van der Waals surface area contributed by atoms with Crippen molar-refractivity contribution in [1.82, 2.24) is 15.1 Å². The number of nitrogens with one attached hydrogen (secondary N) is 1. The van der Waals surface area contributed by atoms with E-state index < -0.39 is 0 Å². The van der Waals surface area contributed by atoms with Gasteiger partial charge in [-0.2, -0.15) is 0 Å². The van der Waals surface area contributed by atoms with Crippen LogP contribution in [0.15, 0.2) is 35.9 Å². The summed E-state index contributed by atoms with van der Waals surface area (Å²) in [5, 5.41) is 2.38. The first-order valence-corrected chi connectivity index (χ1v) is 7.19. The summed E-state index contributed by atoms with van der Waals surface area (Å²) in [5.74, 6) is -0.172. The van der Waals surface area contributed by atoms with Crippen LogP contribution in [-0.4, -0.2) is 54.0 Å². The fraction of sp³-hybridized carbons (Fsp3) is 0.375. The van der Waals surface area contributed by atoms with Crippen molar-refractivity contribution in [2.24, 2.45) is 0 Å². The highest BCUT2D eigenvalue weighted by Gasteiger charge is 2.41. The van der Waals surface area contributed by atoms with Crippen molar-refractivity contribution in [1.29, 1.82) is 0 Å². The topological polar surface area (TPSA) is 52.6 Å². The molecule has 2 aliphatic rings. The minimum Gasteiger partial charge on any atom is -0.310 e. The number of piperazine rings is 1. The first kappa shape index (κ1) is 13.8. The third-order valence-electron chi connectivity index (χ3n) is 3.94. The van der Waals surface area contributed by atoms with Crippen LogP contribution in [-0.2, 0) is 4.79 Å². The first-order chi connectivity index (χ1) is 10.1. The van der Waals surface area contributed by atoms with E-state index in [9.17, 15) is 9.59 Å². The van der Waals surface area contributed by atoms with E-state index in [-0.39, 0.29) is 18.0 Å². The van der Waals surface area contributed by atoms with Gasteiger partial charge in [0.25, 0.3) is 5.91 Å². The van der Waals surface area contributed by atoms with E-state index in [0.29, 0.717) is 13.1 Å². The molecule has 0 spiro atoms. The summed E-state index contributed by atoms with van der Waals surface area (Å²) in [6.45, 7) is 4.94. The average Bonchev–Trinajstić information content (AvgIpc) is 2.74. The monoisotopic (exact) mass is 285 g/mol. The van der Waals surface area contributed by atoms with Gasteiger partial charge >= 0.3 is 6.03 Å². The van der Waals surface area contributed by atoms with Crippen molar-refractivity contribution in [3.8, 4) is 0 Å². The van der Waals surface area contributed by atoms with E-state index in [1.807, 2.05) is 18.2 Å². The number of rotatable bonds is 3. The van der Waals surface area contributed by atoms with Crippen molar-refractivity contribution >= 4 is 18.0 Å². The van der Waals surface area contributed by atoms with Crippen molar-refractivity contribution < 1.29 is 9.59 Å². The molecule has 1 unspecified atom stereocenters. The summed E-state index contributed by atoms with van der Waals surface area (Å²) in [6, 6.07) is 9.62. The summed E-state index contributed by atoms with van der Waals surface area (Å²) in [4.78, 5) is 27.1. The van der Waals surface area contributed by atoms with Gasteiger partial charge in [-0.3, -0.25) is 15.0 Å². The Kier molecular flexibility index (Phi) is 3.75. The van der Waals surface area contributed by atoms with Crippen molar-refractivity contribution in [3.63, 3.8) is 0 Å². The fourth-order valence-corrected chi connectivity index (χ4v) is 2.94. The van der Waals surface area contributed by atoms with E-state index >= 15 is 0 Å². The Morgan fingerprint density at radius 3 is 2.81 bits per heavy atom. The van der Waals surface area contributed by atoms with Crippen LogP contribution in [0.1, 0.15) is 12.5 Å². The Hall–Kier alpha value is -2.14. The zero-order valence-electron chi connectivity index (χ0n) is 12.1. The SMILES string of the molecule is CC(=Cc1ccccc1)CN1CCN2C(=O)NC(=O)C2C1. The van der Waals surface area contributed by atoms with Crippen LogP contribution in [0, 0.1) is 0 Å². The number of carbonyl (C=O) groups is 2. The number of carbonyl (C=O) groups excluding carboxylic acids is 2. The van der Waals surface area contributed by atoms with Crippen LogP contribution < -0.4 is 5.32 Å². The molecule has 0 aliphatic carbocycles. The van der Waals surface area contributed by atoms with Gasteiger partial charge in [-0.05, 0) is 12.5 Å². The second-order valence-corrected chi connectivity index (χ2v) is 5.64. The number of hydrogen-bond acceptors (Lipinski definition) is 3. The summed E-state index contributed by atoms with van der Waals surface area (Å²) in [7, 11) is 0. The molecule has 2 heterocycles. The summed E-state index contributed by atoms with van der Waals surface area (Å²) in [6.07, 6.45) is 2.16. The van der Waals surface area contributed by atoms with Gasteiger partial charge in [-0.1, -0.05) is 42.0 Å². The lowest BCUT2D eigenvalue weighted by molar-refractivity contribution is -0.122. The Balaban J connectivity index is 1.63.